The number of carbonyl (C=O) groups excluding carboxylic acids is 1. The van der Waals surface area contributed by atoms with E-state index in [1.807, 2.05) is 27.7 Å². The van der Waals surface area contributed by atoms with Crippen LogP contribution in [0.25, 0.3) is 0 Å². The number of sulfonamides is 1. The van der Waals surface area contributed by atoms with Crippen molar-refractivity contribution in [1.29, 1.82) is 0 Å². The third-order valence-corrected chi connectivity index (χ3v) is 6.85. The van der Waals surface area contributed by atoms with Crippen LogP contribution < -0.4 is 5.32 Å². The molecular formula is C18H28N2O3S. The molecule has 1 aromatic carbocycles. The first kappa shape index (κ1) is 18.9. The Hall–Kier alpha value is -1.40. The lowest BCUT2D eigenvalue weighted by Crippen LogP contribution is -2.41. The predicted octanol–water partition coefficient (Wildman–Crippen LogP) is 3.02. The minimum absolute atomic E-state index is 0.0265. The zero-order valence-corrected chi connectivity index (χ0v) is 15.8. The van der Waals surface area contributed by atoms with Crippen LogP contribution in [-0.2, 0) is 10.0 Å². The van der Waals surface area contributed by atoms with Gasteiger partial charge in [-0.2, -0.15) is 4.31 Å². The fourth-order valence-corrected chi connectivity index (χ4v) is 4.50. The average molecular weight is 353 g/mol. The Balaban J connectivity index is 2.15. The molecule has 1 aliphatic heterocycles. The van der Waals surface area contributed by atoms with Gasteiger partial charge in [-0.25, -0.2) is 8.42 Å². The van der Waals surface area contributed by atoms with Crippen LogP contribution in [0.2, 0.25) is 0 Å². The lowest BCUT2D eigenvalue weighted by atomic mass is 10.1. The van der Waals surface area contributed by atoms with Gasteiger partial charge in [0, 0.05) is 24.2 Å². The van der Waals surface area contributed by atoms with E-state index in [-0.39, 0.29) is 22.9 Å². The van der Waals surface area contributed by atoms with E-state index in [9.17, 15) is 13.2 Å². The Labute approximate surface area is 145 Å². The highest BCUT2D eigenvalue weighted by Crippen LogP contribution is 2.25. The van der Waals surface area contributed by atoms with E-state index in [1.54, 1.807) is 16.4 Å². The fourth-order valence-electron chi connectivity index (χ4n) is 2.80. The van der Waals surface area contributed by atoms with Gasteiger partial charge in [0.05, 0.1) is 4.90 Å². The molecule has 0 bridgehead atoms. The first-order chi connectivity index (χ1) is 11.2. The van der Waals surface area contributed by atoms with Gasteiger partial charge in [0.15, 0.2) is 0 Å². The van der Waals surface area contributed by atoms with Crippen LogP contribution in [0.5, 0.6) is 0 Å². The summed E-state index contributed by atoms with van der Waals surface area (Å²) in [5.41, 5.74) is 0.480. The van der Waals surface area contributed by atoms with Crippen LogP contribution in [0.3, 0.4) is 0 Å². The minimum Gasteiger partial charge on any atom is -0.349 e. The number of hydrogen-bond acceptors (Lipinski definition) is 3. The second kappa shape index (κ2) is 7.66. The van der Waals surface area contributed by atoms with Crippen molar-refractivity contribution in [2.75, 3.05) is 6.54 Å². The summed E-state index contributed by atoms with van der Waals surface area (Å²) in [6.07, 6.45) is 2.87. The lowest BCUT2D eigenvalue weighted by Gasteiger charge is -2.32. The molecular weight excluding hydrogens is 324 g/mol. The molecule has 0 aromatic heterocycles. The van der Waals surface area contributed by atoms with Crippen molar-refractivity contribution in [2.24, 2.45) is 5.92 Å². The highest BCUT2D eigenvalue weighted by atomic mass is 32.2. The predicted molar refractivity (Wildman–Crippen MR) is 95.4 cm³/mol. The van der Waals surface area contributed by atoms with Crippen molar-refractivity contribution < 1.29 is 13.2 Å². The van der Waals surface area contributed by atoms with E-state index in [0.717, 1.165) is 19.3 Å². The van der Waals surface area contributed by atoms with Crippen molar-refractivity contribution in [3.8, 4) is 0 Å². The maximum absolute atomic E-state index is 12.8. The summed E-state index contributed by atoms with van der Waals surface area (Å²) in [5, 5.41) is 2.93. The van der Waals surface area contributed by atoms with E-state index in [1.165, 1.54) is 12.1 Å². The highest BCUT2D eigenvalue weighted by molar-refractivity contribution is 7.89. The summed E-state index contributed by atoms with van der Waals surface area (Å²) in [4.78, 5) is 12.5. The maximum atomic E-state index is 12.8. The van der Waals surface area contributed by atoms with Crippen molar-refractivity contribution in [2.45, 2.75) is 63.9 Å². The quantitative estimate of drug-likeness (QED) is 0.886. The number of benzene rings is 1. The smallest absolute Gasteiger partial charge is 0.251 e. The van der Waals surface area contributed by atoms with E-state index in [4.69, 9.17) is 0 Å². The van der Waals surface area contributed by atoms with Gasteiger partial charge in [0.25, 0.3) is 5.91 Å². The highest BCUT2D eigenvalue weighted by Gasteiger charge is 2.30. The molecule has 1 saturated heterocycles. The molecule has 1 aromatic rings. The van der Waals surface area contributed by atoms with Crippen LogP contribution in [0.15, 0.2) is 29.2 Å². The summed E-state index contributed by atoms with van der Waals surface area (Å²) in [7, 11) is -3.49. The molecule has 24 heavy (non-hydrogen) atoms. The average Bonchev–Trinajstić information content (AvgIpc) is 2.55. The van der Waals surface area contributed by atoms with Crippen LogP contribution in [0, 0.1) is 5.92 Å². The van der Waals surface area contributed by atoms with E-state index in [0.29, 0.717) is 18.0 Å². The topological polar surface area (TPSA) is 66.5 Å². The zero-order valence-electron chi connectivity index (χ0n) is 15.0. The number of amides is 1. The Bertz CT molecular complexity index is 668. The Kier molecular flexibility index (Phi) is 6.04. The number of nitrogens with one attached hydrogen (secondary N) is 1. The molecule has 1 aliphatic rings. The monoisotopic (exact) mass is 352 g/mol. The molecule has 1 fully saturated rings. The summed E-state index contributed by atoms with van der Waals surface area (Å²) in [6, 6.07) is 6.33. The maximum Gasteiger partial charge on any atom is 0.251 e. The molecule has 0 spiro atoms. The third-order valence-electron chi connectivity index (χ3n) is 4.82. The molecule has 0 aliphatic carbocycles. The number of nitrogens with zero attached hydrogens (tertiary/aromatic N) is 1. The standard InChI is InChI=1S/C18H28N2O3S/c1-13(2)15(4)19-18(21)16-8-10-17(11-9-16)24(22,23)20-12-6-5-7-14(20)3/h8-11,13-15H,5-7,12H2,1-4H3,(H,19,21)/t14-,15+/m1/s1. The number of piperidine rings is 1. The van der Waals surface area contributed by atoms with Gasteiger partial charge in [0.1, 0.15) is 0 Å². The molecule has 1 N–H and O–H groups in total. The van der Waals surface area contributed by atoms with Crippen LogP contribution in [0.4, 0.5) is 0 Å². The van der Waals surface area contributed by atoms with Crippen LogP contribution in [-0.4, -0.2) is 37.3 Å². The van der Waals surface area contributed by atoms with Crippen LogP contribution >= 0.6 is 0 Å². The molecule has 5 nitrogen and oxygen atoms in total. The van der Waals surface area contributed by atoms with Gasteiger partial charge >= 0.3 is 0 Å². The first-order valence-electron chi connectivity index (χ1n) is 8.66. The second-order valence-corrected chi connectivity index (χ2v) is 8.88. The zero-order chi connectivity index (χ0) is 17.9. The van der Waals surface area contributed by atoms with E-state index >= 15 is 0 Å². The molecule has 2 rings (SSSR count). The van der Waals surface area contributed by atoms with Crippen molar-refractivity contribution in [3.05, 3.63) is 29.8 Å². The summed E-state index contributed by atoms with van der Waals surface area (Å²) in [5.74, 6) is 0.167. The molecule has 1 amide bonds. The number of carbonyl (C=O) groups is 1. The molecule has 1 heterocycles. The second-order valence-electron chi connectivity index (χ2n) is 6.99. The number of hydrogen-bond donors (Lipinski definition) is 1. The lowest BCUT2D eigenvalue weighted by molar-refractivity contribution is 0.0930. The largest absolute Gasteiger partial charge is 0.349 e. The van der Waals surface area contributed by atoms with Crippen molar-refractivity contribution >= 4 is 15.9 Å². The van der Waals surface area contributed by atoms with Gasteiger partial charge in [-0.1, -0.05) is 20.3 Å². The Morgan fingerprint density at radius 3 is 2.33 bits per heavy atom. The summed E-state index contributed by atoms with van der Waals surface area (Å²) < 4.78 is 27.1. The van der Waals surface area contributed by atoms with E-state index < -0.39 is 10.0 Å². The van der Waals surface area contributed by atoms with Crippen molar-refractivity contribution in [1.82, 2.24) is 9.62 Å². The Morgan fingerprint density at radius 1 is 1.17 bits per heavy atom. The SMILES string of the molecule is CC(C)[C@H](C)NC(=O)c1ccc(S(=O)(=O)N2CCCC[C@H]2C)cc1. The fraction of sp³-hybridized carbons (Fsp3) is 0.611. The van der Waals surface area contributed by atoms with Gasteiger partial charge in [-0.05, 0) is 56.9 Å². The first-order valence-corrected chi connectivity index (χ1v) is 10.1. The van der Waals surface area contributed by atoms with Gasteiger partial charge in [-0.15, -0.1) is 0 Å². The van der Waals surface area contributed by atoms with Crippen LogP contribution in [0.1, 0.15) is 57.3 Å². The molecule has 0 unspecified atom stereocenters. The summed E-state index contributed by atoms with van der Waals surface area (Å²) >= 11 is 0. The van der Waals surface area contributed by atoms with Gasteiger partial charge in [0.2, 0.25) is 10.0 Å². The number of rotatable bonds is 5. The Morgan fingerprint density at radius 2 is 1.79 bits per heavy atom. The molecule has 0 saturated carbocycles. The molecule has 2 atom stereocenters. The van der Waals surface area contributed by atoms with E-state index in [2.05, 4.69) is 5.32 Å². The third kappa shape index (κ3) is 4.16. The molecule has 0 radical (unpaired) electrons. The van der Waals surface area contributed by atoms with Gasteiger partial charge in [-0.3, -0.25) is 4.79 Å². The van der Waals surface area contributed by atoms with Gasteiger partial charge < -0.3 is 5.32 Å². The molecule has 134 valence electrons. The normalized spacial score (nSPS) is 20.8. The van der Waals surface area contributed by atoms with Crippen molar-refractivity contribution in [3.63, 3.8) is 0 Å². The summed E-state index contributed by atoms with van der Waals surface area (Å²) in [6.45, 7) is 8.56. The molecule has 6 heteroatoms. The minimum atomic E-state index is -3.49.